The summed E-state index contributed by atoms with van der Waals surface area (Å²) >= 11 is 0. The predicted octanol–water partition coefficient (Wildman–Crippen LogP) is 5.46. The van der Waals surface area contributed by atoms with Crippen LogP contribution >= 0.6 is 0 Å². The number of halogens is 2. The lowest BCUT2D eigenvalue weighted by molar-refractivity contribution is 0.0989. The molecule has 2 aromatic heterocycles. The molecule has 11 nitrogen and oxygen atoms in total. The number of ketones is 1. The van der Waals surface area contributed by atoms with E-state index in [0.29, 0.717) is 60.9 Å². The number of methoxy groups -OCH3 is 2. The summed E-state index contributed by atoms with van der Waals surface area (Å²) in [5.74, 6) is -0.665. The minimum atomic E-state index is -0.695. The summed E-state index contributed by atoms with van der Waals surface area (Å²) in [6.45, 7) is 1.75. The van der Waals surface area contributed by atoms with E-state index in [0.717, 1.165) is 18.9 Å². The number of rotatable bonds is 14. The van der Waals surface area contributed by atoms with Crippen LogP contribution in [0.3, 0.4) is 0 Å². The zero-order valence-corrected chi connectivity index (χ0v) is 26.5. The first-order valence-corrected chi connectivity index (χ1v) is 15.5. The third-order valence-corrected chi connectivity index (χ3v) is 7.99. The molecule has 3 heterocycles. The number of aromatic nitrogens is 4. The fraction of sp³-hybridized carbons (Fsp3) is 0.314. The zero-order chi connectivity index (χ0) is 33.6. The van der Waals surface area contributed by atoms with Gasteiger partial charge in [-0.1, -0.05) is 18.2 Å². The molecule has 5 aromatic rings. The van der Waals surface area contributed by atoms with Crippen molar-refractivity contribution in [2.45, 2.75) is 32.2 Å². The second kappa shape index (κ2) is 14.7. The highest BCUT2D eigenvalue weighted by molar-refractivity contribution is 5.98. The van der Waals surface area contributed by atoms with Gasteiger partial charge in [-0.05, 0) is 49.1 Å². The molecule has 6 rings (SSSR count). The Hall–Kier alpha value is -5.14. The monoisotopic (exact) mass is 660 g/mol. The molecule has 0 radical (unpaired) electrons. The van der Waals surface area contributed by atoms with Crippen LogP contribution in [0.25, 0.3) is 16.6 Å². The van der Waals surface area contributed by atoms with E-state index in [1.807, 2.05) is 0 Å². The van der Waals surface area contributed by atoms with Crippen molar-refractivity contribution < 1.29 is 37.3 Å². The van der Waals surface area contributed by atoms with Gasteiger partial charge in [0.1, 0.15) is 48.2 Å². The third kappa shape index (κ3) is 6.78. The largest absolute Gasteiger partial charge is 0.487 e. The lowest BCUT2D eigenvalue weighted by Gasteiger charge is -2.19. The normalized spacial score (nSPS) is 12.6. The molecule has 250 valence electrons. The molecule has 0 atom stereocenters. The van der Waals surface area contributed by atoms with Gasteiger partial charge in [0.2, 0.25) is 5.88 Å². The predicted molar refractivity (Wildman–Crippen MR) is 172 cm³/mol. The number of ether oxygens (including phenoxy) is 5. The van der Waals surface area contributed by atoms with Crippen LogP contribution in [-0.4, -0.2) is 65.8 Å². The first kappa shape index (κ1) is 32.8. The van der Waals surface area contributed by atoms with Crippen molar-refractivity contribution >= 4 is 16.7 Å². The molecular formula is C35H34F2N4O7. The highest BCUT2D eigenvalue weighted by Crippen LogP contribution is 2.36. The second-order valence-corrected chi connectivity index (χ2v) is 11.1. The molecule has 0 saturated heterocycles. The van der Waals surface area contributed by atoms with E-state index < -0.39 is 23.0 Å². The fourth-order valence-electron chi connectivity index (χ4n) is 5.70. The van der Waals surface area contributed by atoms with Gasteiger partial charge in [0.15, 0.2) is 17.3 Å². The first-order chi connectivity index (χ1) is 23.4. The van der Waals surface area contributed by atoms with E-state index in [2.05, 4.69) is 9.97 Å². The molecule has 0 aliphatic carbocycles. The first-order valence-electron chi connectivity index (χ1n) is 15.5. The summed E-state index contributed by atoms with van der Waals surface area (Å²) < 4.78 is 60.9. The Morgan fingerprint density at radius 1 is 0.875 bits per heavy atom. The minimum Gasteiger partial charge on any atom is -0.487 e. The van der Waals surface area contributed by atoms with Crippen molar-refractivity contribution in [2.75, 3.05) is 40.6 Å². The lowest BCUT2D eigenvalue weighted by atomic mass is 9.99. The highest BCUT2D eigenvalue weighted by atomic mass is 19.1. The Kier molecular flexibility index (Phi) is 10.1. The maximum atomic E-state index is 15.5. The molecule has 1 aliphatic rings. The number of benzene rings is 3. The van der Waals surface area contributed by atoms with Gasteiger partial charge >= 0.3 is 0 Å². The van der Waals surface area contributed by atoms with Crippen LogP contribution in [0.1, 0.15) is 34.5 Å². The van der Waals surface area contributed by atoms with Gasteiger partial charge in [0.25, 0.3) is 5.56 Å². The average molecular weight is 661 g/mol. The summed E-state index contributed by atoms with van der Waals surface area (Å²) in [5, 5.41) is 0.494. The maximum Gasteiger partial charge on any atom is 0.282 e. The molecule has 1 aliphatic heterocycles. The third-order valence-electron chi connectivity index (χ3n) is 7.99. The summed E-state index contributed by atoms with van der Waals surface area (Å²) in [5.41, 5.74) is 0.534. The van der Waals surface area contributed by atoms with Crippen LogP contribution in [0, 0.1) is 11.6 Å². The van der Waals surface area contributed by atoms with Crippen LogP contribution < -0.4 is 19.8 Å². The van der Waals surface area contributed by atoms with E-state index >= 15 is 4.39 Å². The Bertz CT molecular complexity index is 2010. The lowest BCUT2D eigenvalue weighted by Crippen LogP contribution is -2.25. The number of carbonyl (C=O) groups excluding carboxylic acids is 1. The van der Waals surface area contributed by atoms with E-state index in [-0.39, 0.29) is 41.5 Å². The van der Waals surface area contributed by atoms with Gasteiger partial charge in [-0.15, -0.1) is 0 Å². The van der Waals surface area contributed by atoms with E-state index in [4.69, 9.17) is 23.7 Å². The van der Waals surface area contributed by atoms with Gasteiger partial charge in [0, 0.05) is 39.3 Å². The molecule has 13 heteroatoms. The number of carbonyl (C=O) groups is 1. The van der Waals surface area contributed by atoms with Crippen molar-refractivity contribution in [3.8, 4) is 28.8 Å². The molecule has 0 unspecified atom stereocenters. The molecule has 48 heavy (non-hydrogen) atoms. The number of hydrogen-bond donors (Lipinski definition) is 0. The van der Waals surface area contributed by atoms with Gasteiger partial charge in [-0.25, -0.2) is 23.4 Å². The quantitative estimate of drug-likeness (QED) is 0.113. The topological polar surface area (TPSA) is 116 Å². The molecule has 0 amide bonds. The molecule has 3 aromatic carbocycles. The maximum absolute atomic E-state index is 15.5. The van der Waals surface area contributed by atoms with E-state index in [1.165, 1.54) is 41.3 Å². The van der Waals surface area contributed by atoms with Crippen molar-refractivity contribution in [1.29, 1.82) is 0 Å². The van der Waals surface area contributed by atoms with Gasteiger partial charge in [-0.3, -0.25) is 14.3 Å². The van der Waals surface area contributed by atoms with Crippen LogP contribution in [0.15, 0.2) is 65.7 Å². The summed E-state index contributed by atoms with van der Waals surface area (Å²) in [6, 6.07) is 13.4. The van der Waals surface area contributed by atoms with Crippen LogP contribution in [0.2, 0.25) is 0 Å². The van der Waals surface area contributed by atoms with E-state index in [9.17, 15) is 14.0 Å². The van der Waals surface area contributed by atoms with Gasteiger partial charge in [-0.2, -0.15) is 0 Å². The van der Waals surface area contributed by atoms with Crippen molar-refractivity contribution in [1.82, 2.24) is 19.3 Å². The molecule has 0 N–H and O–H groups in total. The molecule has 0 saturated carbocycles. The Morgan fingerprint density at radius 3 is 2.35 bits per heavy atom. The average Bonchev–Trinajstić information content (AvgIpc) is 3.38. The van der Waals surface area contributed by atoms with Gasteiger partial charge in [0.05, 0.1) is 29.8 Å². The van der Waals surface area contributed by atoms with Gasteiger partial charge < -0.3 is 23.7 Å². The summed E-state index contributed by atoms with van der Waals surface area (Å²) in [7, 11) is 3.14. The second-order valence-electron chi connectivity index (χ2n) is 11.1. The van der Waals surface area contributed by atoms with Crippen LogP contribution in [0.4, 0.5) is 8.78 Å². The molecule has 0 fully saturated rings. The number of Topliss-reactive ketones (excluding diaryl/α,β-unsaturated/α-hetero) is 1. The number of nitrogens with zero attached hydrogens (tertiary/aromatic N) is 4. The standard InChI is InChI=1S/C35H34F2N4O7/c1-44-13-15-46-31-19-24-27(20-32(31)47-16-14-45-2)38-21-39-34(24)48-23-11-10-22(26(37)18-23)17-30(42)33-29-9-5-6-12-40(29)41(35(33)43)28-8-4-3-7-25(28)36/h3-4,7-8,10-11,18-21H,5-6,9,12-17H2,1-2H3. The van der Waals surface area contributed by atoms with Crippen molar-refractivity contribution in [2.24, 2.45) is 0 Å². The number of para-hydroxylation sites is 1. The zero-order valence-electron chi connectivity index (χ0n) is 26.5. The Labute approximate surface area is 274 Å². The minimum absolute atomic E-state index is 0.0424. The summed E-state index contributed by atoms with van der Waals surface area (Å²) in [6.07, 6.45) is 3.01. The summed E-state index contributed by atoms with van der Waals surface area (Å²) in [4.78, 5) is 35.7. The number of hydrogen-bond acceptors (Lipinski definition) is 9. The fourth-order valence-corrected chi connectivity index (χ4v) is 5.70. The molecule has 0 bridgehead atoms. The molecular weight excluding hydrogens is 626 g/mol. The highest BCUT2D eigenvalue weighted by Gasteiger charge is 2.29. The number of fused-ring (bicyclic) bond motifs is 2. The smallest absolute Gasteiger partial charge is 0.282 e. The van der Waals surface area contributed by atoms with E-state index in [1.54, 1.807) is 37.1 Å². The molecule has 0 spiro atoms. The van der Waals surface area contributed by atoms with Crippen molar-refractivity contribution in [3.63, 3.8) is 0 Å². The van der Waals surface area contributed by atoms with Crippen molar-refractivity contribution in [3.05, 3.63) is 99.7 Å². The Morgan fingerprint density at radius 2 is 1.62 bits per heavy atom. The van der Waals surface area contributed by atoms with Crippen LogP contribution in [0.5, 0.6) is 23.1 Å². The van der Waals surface area contributed by atoms with Crippen LogP contribution in [-0.2, 0) is 28.9 Å². The Balaban J connectivity index is 1.25. The SMILES string of the molecule is COCCOc1cc2ncnc(Oc3ccc(CC(=O)c4c5n(n(-c6ccccc6F)c4=O)CCCC5)c(F)c3)c2cc1OCCOC.